The Labute approximate surface area is 142 Å². The molecule has 23 heavy (non-hydrogen) atoms. The minimum atomic E-state index is -0.643. The number of amides is 1. The zero-order chi connectivity index (χ0) is 16.4. The third kappa shape index (κ3) is 3.46. The van der Waals surface area contributed by atoms with Crippen LogP contribution >= 0.6 is 23.2 Å². The standard InChI is InChI=1S/C16H12Cl2N2O3/c17-11-7-10(8-12(18)9-11)16(21)19-6-5-15-20(22)13-3-1-2-4-14(13)23-15/h1-4,7-9,15H,5-6H2/p+1. The van der Waals surface area contributed by atoms with Crippen molar-refractivity contribution in [1.82, 2.24) is 5.32 Å². The molecule has 0 spiro atoms. The van der Waals surface area contributed by atoms with Gasteiger partial charge in [0.15, 0.2) is 0 Å². The van der Waals surface area contributed by atoms with Crippen LogP contribution in [0, 0.1) is 4.91 Å². The van der Waals surface area contributed by atoms with Gasteiger partial charge in [0.2, 0.25) is 5.75 Å². The van der Waals surface area contributed by atoms with E-state index in [0.29, 0.717) is 40.0 Å². The maximum Gasteiger partial charge on any atom is 0.352 e. The van der Waals surface area contributed by atoms with E-state index in [0.717, 1.165) is 4.76 Å². The van der Waals surface area contributed by atoms with Crippen LogP contribution < -0.4 is 10.1 Å². The number of ether oxygens (including phenoxy) is 1. The molecule has 0 radical (unpaired) electrons. The highest BCUT2D eigenvalue weighted by molar-refractivity contribution is 6.35. The summed E-state index contributed by atoms with van der Waals surface area (Å²) in [6, 6.07) is 11.6. The van der Waals surface area contributed by atoms with Crippen LogP contribution in [0.15, 0.2) is 42.5 Å². The van der Waals surface area contributed by atoms with E-state index in [2.05, 4.69) is 5.32 Å². The third-order valence-electron chi connectivity index (χ3n) is 3.43. The van der Waals surface area contributed by atoms with Crippen molar-refractivity contribution in [2.24, 2.45) is 0 Å². The molecular weight excluding hydrogens is 339 g/mol. The van der Waals surface area contributed by atoms with E-state index in [4.69, 9.17) is 27.9 Å². The van der Waals surface area contributed by atoms with Crippen molar-refractivity contribution in [3.63, 3.8) is 0 Å². The minimum Gasteiger partial charge on any atom is -0.423 e. The summed E-state index contributed by atoms with van der Waals surface area (Å²) in [5.41, 5.74) is 0.877. The number of carbonyl (C=O) groups excluding carboxylic acids is 1. The van der Waals surface area contributed by atoms with Gasteiger partial charge in [-0.3, -0.25) is 4.79 Å². The molecule has 0 aliphatic carbocycles. The number of rotatable bonds is 4. The second-order valence-corrected chi connectivity index (χ2v) is 5.94. The normalized spacial score (nSPS) is 15.9. The summed E-state index contributed by atoms with van der Waals surface area (Å²) in [6.07, 6.45) is -0.284. The van der Waals surface area contributed by atoms with E-state index in [-0.39, 0.29) is 5.91 Å². The van der Waals surface area contributed by atoms with Gasteiger partial charge in [0, 0.05) is 33.1 Å². The van der Waals surface area contributed by atoms with Crippen LogP contribution in [0.2, 0.25) is 10.0 Å². The number of carbonyl (C=O) groups is 1. The van der Waals surface area contributed by atoms with E-state index in [1.165, 1.54) is 12.1 Å². The van der Waals surface area contributed by atoms with Crippen LogP contribution in [0.25, 0.3) is 0 Å². The second-order valence-electron chi connectivity index (χ2n) is 5.07. The number of nitrogens with one attached hydrogen (secondary N) is 1. The lowest BCUT2D eigenvalue weighted by Crippen LogP contribution is -2.30. The van der Waals surface area contributed by atoms with Crippen LogP contribution in [0.5, 0.6) is 5.75 Å². The maximum atomic E-state index is 12.1. The Hall–Kier alpha value is -2.11. The summed E-state index contributed by atoms with van der Waals surface area (Å²) < 4.78 is 6.38. The Morgan fingerprint density at radius 3 is 2.57 bits per heavy atom. The molecule has 2 aromatic carbocycles. The predicted molar refractivity (Wildman–Crippen MR) is 87.6 cm³/mol. The highest BCUT2D eigenvalue weighted by Crippen LogP contribution is 2.35. The van der Waals surface area contributed by atoms with Crippen LogP contribution in [0.4, 0.5) is 5.69 Å². The molecule has 1 atom stereocenters. The quantitative estimate of drug-likeness (QED) is 0.848. The van der Waals surface area contributed by atoms with Gasteiger partial charge in [-0.25, -0.2) is 0 Å². The summed E-state index contributed by atoms with van der Waals surface area (Å²) in [4.78, 5) is 24.1. The zero-order valence-electron chi connectivity index (χ0n) is 12.0. The first-order valence-electron chi connectivity index (χ1n) is 7.01. The fraction of sp³-hybridized carbons (Fsp3) is 0.188. The fourth-order valence-electron chi connectivity index (χ4n) is 2.36. The van der Waals surface area contributed by atoms with Gasteiger partial charge in [0.1, 0.15) is 0 Å². The van der Waals surface area contributed by atoms with Crippen molar-refractivity contribution in [2.45, 2.75) is 12.6 Å². The fourth-order valence-corrected chi connectivity index (χ4v) is 2.89. The highest BCUT2D eigenvalue weighted by atomic mass is 35.5. The van der Waals surface area contributed by atoms with Crippen LogP contribution in [0.1, 0.15) is 16.8 Å². The van der Waals surface area contributed by atoms with Crippen molar-refractivity contribution in [2.75, 3.05) is 6.54 Å². The summed E-state index contributed by atoms with van der Waals surface area (Å²) in [5, 5.41) is 3.51. The zero-order valence-corrected chi connectivity index (χ0v) is 13.5. The van der Waals surface area contributed by atoms with E-state index >= 15 is 0 Å². The first-order chi connectivity index (χ1) is 11.0. The van der Waals surface area contributed by atoms with Gasteiger partial charge < -0.3 is 10.1 Å². The molecule has 1 aliphatic heterocycles. The van der Waals surface area contributed by atoms with Crippen molar-refractivity contribution in [3.05, 3.63) is 63.0 Å². The molecule has 1 heterocycles. The van der Waals surface area contributed by atoms with Crippen LogP contribution in [-0.2, 0) is 0 Å². The van der Waals surface area contributed by atoms with Crippen molar-refractivity contribution >= 4 is 34.8 Å². The lowest BCUT2D eigenvalue weighted by Gasteiger charge is -2.07. The summed E-state index contributed by atoms with van der Waals surface area (Å²) in [7, 11) is 0. The molecule has 1 aliphatic rings. The first kappa shape index (κ1) is 15.8. The Bertz CT molecular complexity index is 759. The highest BCUT2D eigenvalue weighted by Gasteiger charge is 2.39. The topological polar surface area (TPSA) is 58.4 Å². The molecule has 5 nitrogen and oxygen atoms in total. The lowest BCUT2D eigenvalue weighted by molar-refractivity contribution is -0.529. The van der Waals surface area contributed by atoms with Gasteiger partial charge in [-0.1, -0.05) is 35.3 Å². The van der Waals surface area contributed by atoms with Gasteiger partial charge >= 0.3 is 11.9 Å². The molecule has 1 N–H and O–H groups in total. The number of nitrogens with zero attached hydrogens (tertiary/aromatic N) is 1. The molecule has 0 bridgehead atoms. The number of fused-ring (bicyclic) bond motifs is 1. The van der Waals surface area contributed by atoms with E-state index < -0.39 is 6.23 Å². The predicted octanol–water partition coefficient (Wildman–Crippen LogP) is 3.94. The molecule has 2 aromatic rings. The SMILES string of the molecule is O=C(NCCC1Oc2ccccc2[N+]1=O)c1cc(Cl)cc(Cl)c1. The average Bonchev–Trinajstić information content (AvgIpc) is 2.83. The molecule has 3 rings (SSSR count). The van der Waals surface area contributed by atoms with Gasteiger partial charge in [-0.2, -0.15) is 0 Å². The number of halogens is 2. The number of benzene rings is 2. The molecule has 0 saturated carbocycles. The summed E-state index contributed by atoms with van der Waals surface area (Å²) >= 11 is 11.7. The molecule has 118 valence electrons. The Balaban J connectivity index is 1.56. The summed E-state index contributed by atoms with van der Waals surface area (Å²) in [6.45, 7) is 0.292. The van der Waals surface area contributed by atoms with E-state index in [9.17, 15) is 9.70 Å². The Kier molecular flexibility index (Phi) is 4.50. The molecular formula is C16H13Cl2N2O3+. The van der Waals surface area contributed by atoms with Crippen LogP contribution in [0.3, 0.4) is 0 Å². The van der Waals surface area contributed by atoms with Gasteiger partial charge in [0.05, 0.1) is 11.2 Å². The monoisotopic (exact) mass is 351 g/mol. The first-order valence-corrected chi connectivity index (χ1v) is 7.76. The number of hydrogen-bond acceptors (Lipinski definition) is 3. The molecule has 1 unspecified atom stereocenters. The van der Waals surface area contributed by atoms with E-state index in [1.54, 1.807) is 30.3 Å². The Morgan fingerprint density at radius 1 is 1.17 bits per heavy atom. The van der Waals surface area contributed by atoms with Gasteiger partial charge in [-0.15, -0.1) is 0 Å². The lowest BCUT2D eigenvalue weighted by atomic mass is 10.2. The Morgan fingerprint density at radius 2 is 1.87 bits per heavy atom. The molecule has 1 amide bonds. The largest absolute Gasteiger partial charge is 0.423 e. The van der Waals surface area contributed by atoms with Crippen molar-refractivity contribution < 1.29 is 14.3 Å². The number of nitroso groups, excluding NO2 is 1. The van der Waals surface area contributed by atoms with E-state index in [1.807, 2.05) is 0 Å². The smallest absolute Gasteiger partial charge is 0.352 e. The van der Waals surface area contributed by atoms with Gasteiger partial charge in [-0.05, 0) is 24.3 Å². The molecule has 0 aromatic heterocycles. The second kappa shape index (κ2) is 6.56. The molecule has 0 fully saturated rings. The summed E-state index contributed by atoms with van der Waals surface area (Å²) in [5.74, 6) is 0.253. The number of para-hydroxylation sites is 2. The van der Waals surface area contributed by atoms with Crippen molar-refractivity contribution in [3.8, 4) is 5.75 Å². The maximum absolute atomic E-state index is 12.1. The van der Waals surface area contributed by atoms with Crippen LogP contribution in [-0.4, -0.2) is 23.4 Å². The third-order valence-corrected chi connectivity index (χ3v) is 3.87. The molecule has 7 heteroatoms. The average molecular weight is 352 g/mol. The minimum absolute atomic E-state index is 0.292. The number of hydrogen-bond donors (Lipinski definition) is 1. The van der Waals surface area contributed by atoms with Gasteiger partial charge in [0.25, 0.3) is 5.91 Å². The van der Waals surface area contributed by atoms with Crippen molar-refractivity contribution in [1.29, 1.82) is 0 Å². The molecule has 0 saturated heterocycles.